The lowest BCUT2D eigenvalue weighted by Crippen LogP contribution is -2.02. The average Bonchev–Trinajstić information content (AvgIpc) is 2.72. The minimum atomic E-state index is -0.145. The number of methoxy groups -OCH3 is 1. The number of nitrogens with one attached hydrogen (secondary N) is 1. The second kappa shape index (κ2) is 4.45. The zero-order valence-corrected chi connectivity index (χ0v) is 8.88. The van der Waals surface area contributed by atoms with E-state index in [9.17, 15) is 4.79 Å². The van der Waals surface area contributed by atoms with Crippen molar-refractivity contribution in [2.75, 3.05) is 7.11 Å². The fourth-order valence-corrected chi connectivity index (χ4v) is 1.85. The first kappa shape index (κ1) is 10.2. The maximum atomic E-state index is 11.0. The molecule has 0 amide bonds. The summed E-state index contributed by atoms with van der Waals surface area (Å²) < 4.78 is 4.61. The highest BCUT2D eigenvalue weighted by Crippen LogP contribution is 2.17. The van der Waals surface area contributed by atoms with E-state index in [0.717, 1.165) is 19.5 Å². The molecule has 80 valence electrons. The minimum Gasteiger partial charge on any atom is -0.469 e. The summed E-state index contributed by atoms with van der Waals surface area (Å²) in [6, 6.07) is 6.41. The molecule has 0 unspecified atom stereocenters. The maximum Gasteiger partial charge on any atom is 0.305 e. The summed E-state index contributed by atoms with van der Waals surface area (Å²) in [6.45, 7) is 1.91. The molecule has 0 atom stereocenters. The summed E-state index contributed by atoms with van der Waals surface area (Å²) in [5.74, 6) is -0.145. The highest BCUT2D eigenvalue weighted by atomic mass is 16.5. The number of carbonyl (C=O) groups is 1. The van der Waals surface area contributed by atoms with Crippen LogP contribution in [0.3, 0.4) is 0 Å². The van der Waals surface area contributed by atoms with E-state index in [4.69, 9.17) is 0 Å². The van der Waals surface area contributed by atoms with Gasteiger partial charge in [0.2, 0.25) is 0 Å². The van der Waals surface area contributed by atoms with Crippen LogP contribution in [0.1, 0.15) is 23.1 Å². The molecular weight excluding hydrogens is 190 g/mol. The zero-order valence-electron chi connectivity index (χ0n) is 8.88. The molecule has 1 aromatic rings. The van der Waals surface area contributed by atoms with Crippen LogP contribution in [0.5, 0.6) is 0 Å². The Morgan fingerprint density at radius 1 is 1.40 bits per heavy atom. The molecule has 0 aliphatic carbocycles. The molecule has 0 aromatic heterocycles. The lowest BCUT2D eigenvalue weighted by molar-refractivity contribution is -0.140. The third-order valence-electron chi connectivity index (χ3n) is 2.75. The number of esters is 1. The van der Waals surface area contributed by atoms with Crippen molar-refractivity contribution in [3.8, 4) is 0 Å². The molecule has 0 saturated heterocycles. The number of benzene rings is 1. The molecule has 3 nitrogen and oxygen atoms in total. The normalized spacial score (nSPS) is 13.7. The van der Waals surface area contributed by atoms with Crippen LogP contribution in [0, 0.1) is 0 Å². The van der Waals surface area contributed by atoms with E-state index in [1.807, 2.05) is 0 Å². The quantitative estimate of drug-likeness (QED) is 0.758. The monoisotopic (exact) mass is 205 g/mol. The van der Waals surface area contributed by atoms with E-state index in [1.165, 1.54) is 23.8 Å². The van der Waals surface area contributed by atoms with Crippen LogP contribution in [-0.2, 0) is 29.0 Å². The molecule has 15 heavy (non-hydrogen) atoms. The minimum absolute atomic E-state index is 0.145. The standard InChI is InChI=1S/C12H15NO2/c1-15-12(14)5-3-9-2-4-10-7-13-8-11(10)6-9/h2,4,6,13H,3,5,7-8H2,1H3. The van der Waals surface area contributed by atoms with E-state index in [0.29, 0.717) is 6.42 Å². The Balaban J connectivity index is 2.01. The predicted molar refractivity (Wildman–Crippen MR) is 57.3 cm³/mol. The van der Waals surface area contributed by atoms with Crippen molar-refractivity contribution in [2.24, 2.45) is 0 Å². The van der Waals surface area contributed by atoms with E-state index in [2.05, 4.69) is 28.3 Å². The molecule has 1 aliphatic rings. The van der Waals surface area contributed by atoms with Crippen LogP contribution in [0.15, 0.2) is 18.2 Å². The summed E-state index contributed by atoms with van der Waals surface area (Å²) in [6.07, 6.45) is 1.22. The molecule has 0 bridgehead atoms. The van der Waals surface area contributed by atoms with Crippen molar-refractivity contribution in [3.05, 3.63) is 34.9 Å². The third kappa shape index (κ3) is 2.36. The van der Waals surface area contributed by atoms with Gasteiger partial charge in [-0.25, -0.2) is 0 Å². The summed E-state index contributed by atoms with van der Waals surface area (Å²) in [7, 11) is 1.43. The second-order valence-corrected chi connectivity index (χ2v) is 3.78. The van der Waals surface area contributed by atoms with Crippen molar-refractivity contribution in [1.29, 1.82) is 0 Å². The van der Waals surface area contributed by atoms with Gasteiger partial charge in [-0.3, -0.25) is 4.79 Å². The topological polar surface area (TPSA) is 38.3 Å². The average molecular weight is 205 g/mol. The Bertz CT molecular complexity index is 374. The summed E-state index contributed by atoms with van der Waals surface area (Å²) >= 11 is 0. The Labute approximate surface area is 89.4 Å². The molecule has 1 aliphatic heterocycles. The van der Waals surface area contributed by atoms with Crippen molar-refractivity contribution in [3.63, 3.8) is 0 Å². The molecular formula is C12H15NO2. The molecule has 2 rings (SSSR count). The molecule has 0 radical (unpaired) electrons. The van der Waals surface area contributed by atoms with Gasteiger partial charge in [-0.1, -0.05) is 18.2 Å². The molecule has 1 N–H and O–H groups in total. The first-order valence-corrected chi connectivity index (χ1v) is 5.18. The van der Waals surface area contributed by atoms with Gasteiger partial charge in [0.05, 0.1) is 7.11 Å². The summed E-state index contributed by atoms with van der Waals surface area (Å²) in [4.78, 5) is 11.0. The maximum absolute atomic E-state index is 11.0. The molecule has 0 spiro atoms. The lowest BCUT2D eigenvalue weighted by Gasteiger charge is -2.03. The number of ether oxygens (including phenoxy) is 1. The van der Waals surface area contributed by atoms with E-state index in [1.54, 1.807) is 0 Å². The van der Waals surface area contributed by atoms with Crippen LogP contribution < -0.4 is 5.32 Å². The van der Waals surface area contributed by atoms with Gasteiger partial charge in [-0.2, -0.15) is 0 Å². The van der Waals surface area contributed by atoms with Gasteiger partial charge in [0.25, 0.3) is 0 Å². The van der Waals surface area contributed by atoms with Crippen LogP contribution in [0.2, 0.25) is 0 Å². The van der Waals surface area contributed by atoms with E-state index >= 15 is 0 Å². The van der Waals surface area contributed by atoms with Gasteiger partial charge in [-0.05, 0) is 23.1 Å². The lowest BCUT2D eigenvalue weighted by atomic mass is 10.0. The van der Waals surface area contributed by atoms with Crippen LogP contribution in [0.25, 0.3) is 0 Å². The third-order valence-corrected chi connectivity index (χ3v) is 2.75. The van der Waals surface area contributed by atoms with Gasteiger partial charge in [0.1, 0.15) is 0 Å². The number of aryl methyl sites for hydroxylation is 1. The second-order valence-electron chi connectivity index (χ2n) is 3.78. The smallest absolute Gasteiger partial charge is 0.305 e. The fourth-order valence-electron chi connectivity index (χ4n) is 1.85. The molecule has 3 heteroatoms. The van der Waals surface area contributed by atoms with Gasteiger partial charge >= 0.3 is 5.97 Å². The summed E-state index contributed by atoms with van der Waals surface area (Å²) in [5, 5.41) is 3.30. The number of carbonyl (C=O) groups excluding carboxylic acids is 1. The van der Waals surface area contributed by atoms with Crippen LogP contribution >= 0.6 is 0 Å². The van der Waals surface area contributed by atoms with Crippen molar-refractivity contribution >= 4 is 5.97 Å². The van der Waals surface area contributed by atoms with E-state index in [-0.39, 0.29) is 5.97 Å². The Kier molecular flexibility index (Phi) is 3.02. The van der Waals surface area contributed by atoms with E-state index < -0.39 is 0 Å². The SMILES string of the molecule is COC(=O)CCc1ccc2c(c1)CNC2. The first-order valence-electron chi connectivity index (χ1n) is 5.18. The molecule has 0 fully saturated rings. The first-order chi connectivity index (χ1) is 7.29. The number of hydrogen-bond donors (Lipinski definition) is 1. The van der Waals surface area contributed by atoms with Gasteiger partial charge in [0, 0.05) is 19.5 Å². The molecule has 1 heterocycles. The zero-order chi connectivity index (χ0) is 10.7. The number of fused-ring (bicyclic) bond motifs is 1. The molecule has 1 aromatic carbocycles. The fraction of sp³-hybridized carbons (Fsp3) is 0.417. The highest BCUT2D eigenvalue weighted by molar-refractivity contribution is 5.69. The van der Waals surface area contributed by atoms with Crippen molar-refractivity contribution in [1.82, 2.24) is 5.32 Å². The van der Waals surface area contributed by atoms with Gasteiger partial charge in [-0.15, -0.1) is 0 Å². The van der Waals surface area contributed by atoms with Crippen molar-refractivity contribution in [2.45, 2.75) is 25.9 Å². The molecule has 0 saturated carbocycles. The Hall–Kier alpha value is -1.35. The number of rotatable bonds is 3. The largest absolute Gasteiger partial charge is 0.469 e. The van der Waals surface area contributed by atoms with Crippen LogP contribution in [-0.4, -0.2) is 13.1 Å². The Morgan fingerprint density at radius 3 is 3.00 bits per heavy atom. The van der Waals surface area contributed by atoms with Crippen LogP contribution in [0.4, 0.5) is 0 Å². The predicted octanol–water partition coefficient (Wildman–Crippen LogP) is 1.40. The summed E-state index contributed by atoms with van der Waals surface area (Å²) in [5.41, 5.74) is 3.94. The number of hydrogen-bond acceptors (Lipinski definition) is 3. The van der Waals surface area contributed by atoms with Gasteiger partial charge < -0.3 is 10.1 Å². The highest BCUT2D eigenvalue weighted by Gasteiger charge is 2.10. The van der Waals surface area contributed by atoms with Gasteiger partial charge in [0.15, 0.2) is 0 Å². The van der Waals surface area contributed by atoms with Crippen molar-refractivity contribution < 1.29 is 9.53 Å². The Morgan fingerprint density at radius 2 is 2.20 bits per heavy atom.